The van der Waals surface area contributed by atoms with E-state index in [2.05, 4.69) is 15.2 Å². The van der Waals surface area contributed by atoms with E-state index in [-0.39, 0.29) is 11.7 Å². The number of carbonyl (C=O) groups excluding carboxylic acids is 1. The number of H-pyrrole nitrogens is 1. The van der Waals surface area contributed by atoms with Crippen molar-refractivity contribution in [2.24, 2.45) is 0 Å². The number of fused-ring (bicyclic) bond motifs is 1. The summed E-state index contributed by atoms with van der Waals surface area (Å²) in [7, 11) is 0. The van der Waals surface area contributed by atoms with Crippen molar-refractivity contribution in [2.75, 3.05) is 0 Å². The number of nitrogens with zero attached hydrogens (tertiary/aromatic N) is 2. The lowest BCUT2D eigenvalue weighted by Crippen LogP contribution is -2.19. The zero-order valence-electron chi connectivity index (χ0n) is 13.5. The molecule has 2 heterocycles. The molecule has 25 heavy (non-hydrogen) atoms. The summed E-state index contributed by atoms with van der Waals surface area (Å²) >= 11 is 0. The average Bonchev–Trinajstić information content (AvgIpc) is 2.96. The third-order valence-electron chi connectivity index (χ3n) is 4.62. The van der Waals surface area contributed by atoms with Crippen LogP contribution in [0.25, 0.3) is 11.3 Å². The Kier molecular flexibility index (Phi) is 3.67. The Bertz CT molecular complexity index is 981. The Morgan fingerprint density at radius 3 is 2.80 bits per heavy atom. The molecule has 0 amide bonds. The van der Waals surface area contributed by atoms with Crippen molar-refractivity contribution in [3.63, 3.8) is 0 Å². The summed E-state index contributed by atoms with van der Waals surface area (Å²) in [4.78, 5) is 16.4. The smallest absolute Gasteiger partial charge is 0.213 e. The highest BCUT2D eigenvalue weighted by atomic mass is 19.1. The number of ketones is 1. The van der Waals surface area contributed by atoms with E-state index in [1.54, 1.807) is 12.1 Å². The van der Waals surface area contributed by atoms with Crippen LogP contribution in [0.4, 0.5) is 8.78 Å². The highest BCUT2D eigenvalue weighted by molar-refractivity contribution is 6.00. The van der Waals surface area contributed by atoms with Crippen molar-refractivity contribution in [3.05, 3.63) is 70.7 Å². The molecule has 1 aromatic carbocycles. The summed E-state index contributed by atoms with van der Waals surface area (Å²) in [6.45, 7) is 1.82. The first-order valence-electron chi connectivity index (χ1n) is 8.02. The van der Waals surface area contributed by atoms with Crippen LogP contribution in [0.2, 0.25) is 0 Å². The Labute approximate surface area is 142 Å². The number of nitrogens with one attached hydrogen (secondary N) is 1. The summed E-state index contributed by atoms with van der Waals surface area (Å²) in [5.74, 6) is -1.19. The first-order chi connectivity index (χ1) is 12.0. The molecule has 4 nitrogen and oxygen atoms in total. The van der Waals surface area contributed by atoms with Crippen LogP contribution in [0.15, 0.2) is 36.4 Å². The van der Waals surface area contributed by atoms with E-state index in [0.29, 0.717) is 29.7 Å². The van der Waals surface area contributed by atoms with Crippen molar-refractivity contribution in [2.45, 2.75) is 25.7 Å². The average molecular weight is 339 g/mol. The third kappa shape index (κ3) is 2.73. The number of hydrogen-bond acceptors (Lipinski definition) is 3. The predicted octanol–water partition coefficient (Wildman–Crippen LogP) is 3.97. The first kappa shape index (κ1) is 15.6. The molecule has 126 valence electrons. The van der Waals surface area contributed by atoms with Gasteiger partial charge in [0.25, 0.3) is 0 Å². The third-order valence-corrected chi connectivity index (χ3v) is 4.62. The number of aromatic nitrogens is 3. The zero-order valence-corrected chi connectivity index (χ0v) is 13.5. The fourth-order valence-electron chi connectivity index (χ4n) is 3.51. The lowest BCUT2D eigenvalue weighted by molar-refractivity contribution is 0.0963. The molecule has 3 aromatic rings. The van der Waals surface area contributed by atoms with E-state index in [1.165, 1.54) is 24.3 Å². The number of benzene rings is 1. The van der Waals surface area contributed by atoms with Gasteiger partial charge >= 0.3 is 0 Å². The maximum absolute atomic E-state index is 13.8. The van der Waals surface area contributed by atoms with E-state index in [1.807, 2.05) is 6.92 Å². The number of aromatic amines is 1. The minimum absolute atomic E-state index is 0.0139. The minimum Gasteiger partial charge on any atom is -0.294 e. The Hall–Kier alpha value is -2.89. The van der Waals surface area contributed by atoms with Gasteiger partial charge in [-0.1, -0.05) is 12.1 Å². The largest absolute Gasteiger partial charge is 0.294 e. The molecule has 0 unspecified atom stereocenters. The molecule has 6 heteroatoms. The van der Waals surface area contributed by atoms with E-state index < -0.39 is 11.8 Å². The molecule has 0 fully saturated rings. The Balaban J connectivity index is 1.80. The highest BCUT2D eigenvalue weighted by Gasteiger charge is 2.31. The van der Waals surface area contributed by atoms with Crippen LogP contribution in [0.1, 0.15) is 39.6 Å². The maximum Gasteiger partial charge on any atom is 0.213 e. The van der Waals surface area contributed by atoms with Crippen molar-refractivity contribution in [1.29, 1.82) is 0 Å². The lowest BCUT2D eigenvalue weighted by atomic mass is 9.79. The van der Waals surface area contributed by atoms with Crippen molar-refractivity contribution in [1.82, 2.24) is 15.2 Å². The summed E-state index contributed by atoms with van der Waals surface area (Å²) in [5.41, 5.74) is 3.78. The number of pyridine rings is 1. The minimum atomic E-state index is -0.627. The summed E-state index contributed by atoms with van der Waals surface area (Å²) in [5, 5.41) is 7.07. The second-order valence-corrected chi connectivity index (χ2v) is 6.28. The molecule has 1 atom stereocenters. The molecular formula is C19H15F2N3O. The number of hydrogen-bond donors (Lipinski definition) is 1. The second kappa shape index (κ2) is 5.88. The van der Waals surface area contributed by atoms with Crippen LogP contribution in [0.3, 0.4) is 0 Å². The molecule has 0 saturated carbocycles. The molecule has 1 aliphatic carbocycles. The van der Waals surface area contributed by atoms with Crippen LogP contribution in [0, 0.1) is 18.7 Å². The highest BCUT2D eigenvalue weighted by Crippen LogP contribution is 2.37. The van der Waals surface area contributed by atoms with Crippen molar-refractivity contribution < 1.29 is 13.6 Å². The Morgan fingerprint density at radius 2 is 2.00 bits per heavy atom. The number of aryl methyl sites for hydroxylation is 1. The monoisotopic (exact) mass is 339 g/mol. The topological polar surface area (TPSA) is 58.6 Å². The summed E-state index contributed by atoms with van der Waals surface area (Å²) in [6, 6.07) is 8.76. The van der Waals surface area contributed by atoms with Crippen LogP contribution in [-0.4, -0.2) is 21.0 Å². The van der Waals surface area contributed by atoms with Gasteiger partial charge in [0.05, 0.1) is 17.0 Å². The Morgan fingerprint density at radius 1 is 1.16 bits per heavy atom. The standard InChI is InChI=1S/C19H15F2N3O/c1-10-19-16(24-23-10)7-11(8-17(19)25)13-6-5-12(20)9-14(13)15-3-2-4-18(21)22-15/h2-6,9,11H,7-8H2,1H3,(H,23,24)/t11-/m1/s1. The van der Waals surface area contributed by atoms with E-state index >= 15 is 0 Å². The quantitative estimate of drug-likeness (QED) is 0.719. The van der Waals surface area contributed by atoms with Gasteiger partial charge < -0.3 is 0 Å². The summed E-state index contributed by atoms with van der Waals surface area (Å²) < 4.78 is 27.3. The molecule has 0 aliphatic heterocycles. The van der Waals surface area contributed by atoms with Gasteiger partial charge in [-0.3, -0.25) is 9.89 Å². The molecule has 0 bridgehead atoms. The summed E-state index contributed by atoms with van der Waals surface area (Å²) in [6.07, 6.45) is 0.876. The van der Waals surface area contributed by atoms with Gasteiger partial charge in [0.15, 0.2) is 5.78 Å². The number of Topliss-reactive ketones (excluding diaryl/α,β-unsaturated/α-hetero) is 1. The number of rotatable bonds is 2. The van der Waals surface area contributed by atoms with Gasteiger partial charge in [-0.05, 0) is 49.1 Å². The molecule has 0 radical (unpaired) electrons. The number of halogens is 2. The van der Waals surface area contributed by atoms with Gasteiger partial charge in [0.1, 0.15) is 5.82 Å². The lowest BCUT2D eigenvalue weighted by Gasteiger charge is -2.23. The van der Waals surface area contributed by atoms with Gasteiger partial charge in [0, 0.05) is 17.7 Å². The van der Waals surface area contributed by atoms with Crippen LogP contribution in [0.5, 0.6) is 0 Å². The zero-order chi connectivity index (χ0) is 17.6. The number of carbonyl (C=O) groups is 1. The van der Waals surface area contributed by atoms with Crippen LogP contribution < -0.4 is 0 Å². The normalized spacial score (nSPS) is 16.8. The molecule has 1 N–H and O–H groups in total. The molecule has 1 aliphatic rings. The fourth-order valence-corrected chi connectivity index (χ4v) is 3.51. The van der Waals surface area contributed by atoms with Gasteiger partial charge in [-0.2, -0.15) is 9.49 Å². The molecular weight excluding hydrogens is 324 g/mol. The second-order valence-electron chi connectivity index (χ2n) is 6.28. The molecule has 0 spiro atoms. The maximum atomic E-state index is 13.8. The van der Waals surface area contributed by atoms with Crippen LogP contribution >= 0.6 is 0 Å². The fraction of sp³-hybridized carbons (Fsp3) is 0.211. The van der Waals surface area contributed by atoms with Crippen molar-refractivity contribution >= 4 is 5.78 Å². The van der Waals surface area contributed by atoms with E-state index in [9.17, 15) is 13.6 Å². The van der Waals surface area contributed by atoms with Gasteiger partial charge in [-0.25, -0.2) is 9.37 Å². The van der Waals surface area contributed by atoms with Crippen LogP contribution in [-0.2, 0) is 6.42 Å². The van der Waals surface area contributed by atoms with Crippen molar-refractivity contribution in [3.8, 4) is 11.3 Å². The predicted molar refractivity (Wildman–Crippen MR) is 88.3 cm³/mol. The van der Waals surface area contributed by atoms with Gasteiger partial charge in [0.2, 0.25) is 5.95 Å². The van der Waals surface area contributed by atoms with E-state index in [0.717, 1.165) is 17.0 Å². The molecule has 4 rings (SSSR count). The van der Waals surface area contributed by atoms with Gasteiger partial charge in [-0.15, -0.1) is 0 Å². The molecule has 2 aromatic heterocycles. The molecule has 0 saturated heterocycles. The SMILES string of the molecule is Cc1[nH]nc2c1C(=O)C[C@H](c1ccc(F)cc1-c1cccc(F)n1)C2. The first-order valence-corrected chi connectivity index (χ1v) is 8.02. The van der Waals surface area contributed by atoms with E-state index in [4.69, 9.17) is 0 Å².